The van der Waals surface area contributed by atoms with E-state index in [9.17, 15) is 14.7 Å². The molecule has 1 aliphatic rings. The van der Waals surface area contributed by atoms with Gasteiger partial charge in [-0.15, -0.1) is 0 Å². The Morgan fingerprint density at radius 1 is 1.00 bits per heavy atom. The van der Waals surface area contributed by atoms with Gasteiger partial charge in [-0.1, -0.05) is 12.1 Å². The van der Waals surface area contributed by atoms with Crippen molar-refractivity contribution in [1.29, 1.82) is 0 Å². The minimum absolute atomic E-state index is 0.115. The van der Waals surface area contributed by atoms with Crippen LogP contribution in [0.15, 0.2) is 48.8 Å². The minimum atomic E-state index is -1.21. The molecule has 0 spiro atoms. The number of carbonyl (C=O) groups is 2. The van der Waals surface area contributed by atoms with Crippen molar-refractivity contribution in [1.82, 2.24) is 14.5 Å². The lowest BCUT2D eigenvalue weighted by Gasteiger charge is -2.35. The van der Waals surface area contributed by atoms with Crippen LogP contribution in [0.2, 0.25) is 0 Å². The van der Waals surface area contributed by atoms with Crippen LogP contribution in [-0.4, -0.2) is 52.5 Å². The second-order valence-electron chi connectivity index (χ2n) is 6.62. The second-order valence-corrected chi connectivity index (χ2v) is 6.62. The van der Waals surface area contributed by atoms with Crippen molar-refractivity contribution >= 4 is 28.6 Å². The largest absolute Gasteiger partial charge is 0.545 e. The Hall–Kier alpha value is -3.35. The molecule has 0 bridgehead atoms. The molecular weight excluding hydrogens is 344 g/mol. The van der Waals surface area contributed by atoms with Gasteiger partial charge in [0.2, 0.25) is 5.91 Å². The molecule has 0 N–H and O–H groups in total. The first-order valence-electron chi connectivity index (χ1n) is 8.82. The fourth-order valence-corrected chi connectivity index (χ4v) is 3.46. The molecule has 3 aromatic rings. The molecule has 0 atom stereocenters. The van der Waals surface area contributed by atoms with Crippen LogP contribution in [0.4, 0.5) is 5.69 Å². The maximum Gasteiger partial charge on any atom is 0.219 e. The van der Waals surface area contributed by atoms with Crippen molar-refractivity contribution in [2.45, 2.75) is 6.92 Å². The van der Waals surface area contributed by atoms with Gasteiger partial charge >= 0.3 is 0 Å². The zero-order valence-electron chi connectivity index (χ0n) is 15.0. The molecule has 4 rings (SSSR count). The molecule has 138 valence electrons. The molecule has 2 heterocycles. The SMILES string of the molecule is CC(=O)N1CCN(c2cccc(-n3cnc4cc(C(=O)[O-])ccc43)c2)CC1. The number of fused-ring (bicyclic) bond motifs is 1. The molecule has 1 fully saturated rings. The average Bonchev–Trinajstić information content (AvgIpc) is 3.11. The summed E-state index contributed by atoms with van der Waals surface area (Å²) in [5.74, 6) is -1.10. The summed E-state index contributed by atoms with van der Waals surface area (Å²) in [4.78, 5) is 31.0. The predicted molar refractivity (Wildman–Crippen MR) is 99.9 cm³/mol. The summed E-state index contributed by atoms with van der Waals surface area (Å²) >= 11 is 0. The number of benzene rings is 2. The Balaban J connectivity index is 1.62. The van der Waals surface area contributed by atoms with Crippen LogP contribution in [0.5, 0.6) is 0 Å². The van der Waals surface area contributed by atoms with Crippen molar-refractivity contribution in [2.24, 2.45) is 0 Å². The molecule has 0 unspecified atom stereocenters. The third-order valence-corrected chi connectivity index (χ3v) is 4.98. The number of anilines is 1. The minimum Gasteiger partial charge on any atom is -0.545 e. The quantitative estimate of drug-likeness (QED) is 0.695. The highest BCUT2D eigenvalue weighted by atomic mass is 16.4. The van der Waals surface area contributed by atoms with Gasteiger partial charge in [-0.05, 0) is 35.9 Å². The Morgan fingerprint density at radius 2 is 1.74 bits per heavy atom. The third-order valence-electron chi connectivity index (χ3n) is 4.98. The summed E-state index contributed by atoms with van der Waals surface area (Å²) in [7, 11) is 0. The Kier molecular flexibility index (Phi) is 4.27. The number of carbonyl (C=O) groups excluding carboxylic acids is 2. The zero-order valence-corrected chi connectivity index (χ0v) is 15.0. The number of aromatic carboxylic acids is 1. The number of aromatic nitrogens is 2. The topological polar surface area (TPSA) is 81.5 Å². The Bertz CT molecular complexity index is 1020. The standard InChI is InChI=1S/C20H20N4O3/c1-14(25)22-7-9-23(10-8-22)16-3-2-4-17(12-16)24-13-21-18-11-15(20(26)27)5-6-19(18)24/h2-6,11-13H,7-10H2,1H3,(H,26,27)/p-1. The molecule has 1 aliphatic heterocycles. The number of carboxylic acids is 1. The van der Waals surface area contributed by atoms with Gasteiger partial charge in [0.05, 0.1) is 17.0 Å². The number of nitrogens with zero attached hydrogens (tertiary/aromatic N) is 4. The van der Waals surface area contributed by atoms with Gasteiger partial charge in [-0.25, -0.2) is 4.98 Å². The molecule has 0 saturated carbocycles. The molecule has 27 heavy (non-hydrogen) atoms. The summed E-state index contributed by atoms with van der Waals surface area (Å²) in [5, 5.41) is 11.0. The van der Waals surface area contributed by atoms with Gasteiger partial charge in [-0.3, -0.25) is 9.36 Å². The summed E-state index contributed by atoms with van der Waals surface area (Å²) in [5.41, 5.74) is 3.59. The number of hydrogen-bond acceptors (Lipinski definition) is 5. The normalized spacial score (nSPS) is 14.6. The van der Waals surface area contributed by atoms with Crippen LogP contribution in [0.25, 0.3) is 16.7 Å². The van der Waals surface area contributed by atoms with Crippen LogP contribution < -0.4 is 10.0 Å². The van der Waals surface area contributed by atoms with E-state index < -0.39 is 5.97 Å². The van der Waals surface area contributed by atoms with Gasteiger partial charge in [0.25, 0.3) is 0 Å². The van der Waals surface area contributed by atoms with E-state index in [0.717, 1.165) is 43.1 Å². The maximum atomic E-state index is 11.5. The molecule has 1 aromatic heterocycles. The molecule has 0 radical (unpaired) electrons. The molecule has 2 aromatic carbocycles. The van der Waals surface area contributed by atoms with Crippen molar-refractivity contribution < 1.29 is 14.7 Å². The average molecular weight is 363 g/mol. The van der Waals surface area contributed by atoms with Gasteiger partial charge in [0.1, 0.15) is 6.33 Å². The fourth-order valence-electron chi connectivity index (χ4n) is 3.46. The molecule has 0 aliphatic carbocycles. The molecule has 1 saturated heterocycles. The molecule has 7 heteroatoms. The van der Waals surface area contributed by atoms with Crippen LogP contribution in [0, 0.1) is 0 Å². The van der Waals surface area contributed by atoms with Crippen molar-refractivity contribution in [3.05, 3.63) is 54.4 Å². The highest BCUT2D eigenvalue weighted by Gasteiger charge is 2.19. The molecule has 1 amide bonds. The van der Waals surface area contributed by atoms with E-state index in [1.54, 1.807) is 19.3 Å². The first kappa shape index (κ1) is 17.1. The number of amides is 1. The highest BCUT2D eigenvalue weighted by Crippen LogP contribution is 2.24. The Morgan fingerprint density at radius 3 is 2.44 bits per heavy atom. The van der Waals surface area contributed by atoms with Crippen molar-refractivity contribution in [3.8, 4) is 5.69 Å². The lowest BCUT2D eigenvalue weighted by atomic mass is 10.2. The smallest absolute Gasteiger partial charge is 0.219 e. The van der Waals surface area contributed by atoms with Crippen molar-refractivity contribution in [2.75, 3.05) is 31.1 Å². The number of piperazine rings is 1. The molecule has 7 nitrogen and oxygen atoms in total. The summed E-state index contributed by atoms with van der Waals surface area (Å²) in [6, 6.07) is 12.9. The molecular formula is C20H19N4O3-. The number of imidazole rings is 1. The number of rotatable bonds is 3. The van der Waals surface area contributed by atoms with E-state index in [1.165, 1.54) is 12.1 Å². The van der Waals surface area contributed by atoms with E-state index in [1.807, 2.05) is 21.6 Å². The van der Waals surface area contributed by atoms with E-state index in [4.69, 9.17) is 0 Å². The monoisotopic (exact) mass is 363 g/mol. The highest BCUT2D eigenvalue weighted by molar-refractivity contribution is 5.91. The third kappa shape index (κ3) is 3.23. The van der Waals surface area contributed by atoms with Crippen molar-refractivity contribution in [3.63, 3.8) is 0 Å². The summed E-state index contributed by atoms with van der Waals surface area (Å²) in [6.45, 7) is 4.64. The Labute approximate surface area is 156 Å². The van der Waals surface area contributed by atoms with E-state index in [2.05, 4.69) is 22.0 Å². The van der Waals surface area contributed by atoms with Gasteiger partial charge in [0, 0.05) is 44.5 Å². The first-order chi connectivity index (χ1) is 13.0. The lowest BCUT2D eigenvalue weighted by molar-refractivity contribution is -0.255. The zero-order chi connectivity index (χ0) is 19.0. The second kappa shape index (κ2) is 6.75. The van der Waals surface area contributed by atoms with Crippen LogP contribution >= 0.6 is 0 Å². The predicted octanol–water partition coefficient (Wildman–Crippen LogP) is 1.06. The van der Waals surface area contributed by atoms with Gasteiger partial charge in [-0.2, -0.15) is 0 Å². The summed E-state index contributed by atoms with van der Waals surface area (Å²) in [6.07, 6.45) is 1.69. The summed E-state index contributed by atoms with van der Waals surface area (Å²) < 4.78 is 1.93. The van der Waals surface area contributed by atoms with E-state index in [0.29, 0.717) is 5.52 Å². The fraction of sp³-hybridized carbons (Fsp3) is 0.250. The van der Waals surface area contributed by atoms with Gasteiger partial charge < -0.3 is 19.7 Å². The first-order valence-corrected chi connectivity index (χ1v) is 8.82. The van der Waals surface area contributed by atoms with Crippen LogP contribution in [0.3, 0.4) is 0 Å². The lowest BCUT2D eigenvalue weighted by Crippen LogP contribution is -2.48. The van der Waals surface area contributed by atoms with Crippen LogP contribution in [0.1, 0.15) is 17.3 Å². The maximum absolute atomic E-state index is 11.5. The van der Waals surface area contributed by atoms with Gasteiger partial charge in [0.15, 0.2) is 0 Å². The van der Waals surface area contributed by atoms with E-state index in [-0.39, 0.29) is 11.5 Å². The van der Waals surface area contributed by atoms with E-state index >= 15 is 0 Å². The van der Waals surface area contributed by atoms with Crippen LogP contribution in [-0.2, 0) is 4.79 Å². The number of hydrogen-bond donors (Lipinski definition) is 0. The number of carboxylic acid groups (broad SMARTS) is 1.